The van der Waals surface area contributed by atoms with E-state index in [2.05, 4.69) is 15.8 Å². The summed E-state index contributed by atoms with van der Waals surface area (Å²) in [7, 11) is 0. The van der Waals surface area contributed by atoms with Crippen molar-refractivity contribution in [2.75, 3.05) is 24.6 Å². The number of hydrazone groups is 1. The first-order valence-electron chi connectivity index (χ1n) is 7.63. The molecule has 4 rings (SSSR count). The van der Waals surface area contributed by atoms with Gasteiger partial charge < -0.3 is 0 Å². The Bertz CT molecular complexity index is 692. The molecule has 3 aliphatic rings. The minimum atomic E-state index is -0.379. The van der Waals surface area contributed by atoms with Gasteiger partial charge in [-0.2, -0.15) is 0 Å². The molecule has 6 nitrogen and oxygen atoms in total. The van der Waals surface area contributed by atoms with Crippen LogP contribution in [-0.4, -0.2) is 53.2 Å². The fraction of sp³-hybridized carbons (Fsp3) is 0.467. The molecule has 3 aliphatic heterocycles. The second-order valence-electron chi connectivity index (χ2n) is 5.98. The van der Waals surface area contributed by atoms with Gasteiger partial charge in [0.05, 0.1) is 0 Å². The number of halogens is 1. The van der Waals surface area contributed by atoms with Gasteiger partial charge in [-0.05, 0) is 0 Å². The van der Waals surface area contributed by atoms with Crippen molar-refractivity contribution < 1.29 is 13.9 Å². The van der Waals surface area contributed by atoms with E-state index in [4.69, 9.17) is 4.74 Å². The first-order valence-corrected chi connectivity index (χ1v) is 9.90. The molecule has 1 amide bonds. The Kier molecular flexibility index (Phi) is 3.77. The summed E-state index contributed by atoms with van der Waals surface area (Å²) in [6.45, 7) is 4.12. The summed E-state index contributed by atoms with van der Waals surface area (Å²) in [5.41, 5.74) is 3.24. The molecule has 1 aromatic carbocycles. The van der Waals surface area contributed by atoms with Crippen molar-refractivity contribution in [2.24, 2.45) is 11.0 Å². The van der Waals surface area contributed by atoms with Crippen LogP contribution in [0.25, 0.3) is 0 Å². The zero-order chi connectivity index (χ0) is 16.0. The molecule has 0 spiro atoms. The predicted molar refractivity (Wildman–Crippen MR) is 86.0 cm³/mol. The average molecular weight is 379 g/mol. The topological polar surface area (TPSA) is 66.0 Å². The Morgan fingerprint density at radius 2 is 2.30 bits per heavy atom. The number of amides is 1. The maximum absolute atomic E-state index is 14.3. The summed E-state index contributed by atoms with van der Waals surface area (Å²) in [5, 5.41) is 8.35. The number of amidine groups is 1. The van der Waals surface area contributed by atoms with Gasteiger partial charge in [0.15, 0.2) is 0 Å². The number of benzene rings is 1. The van der Waals surface area contributed by atoms with Gasteiger partial charge in [0.2, 0.25) is 0 Å². The molecule has 3 heterocycles. The van der Waals surface area contributed by atoms with Crippen LogP contribution in [0.1, 0.15) is 6.92 Å². The molecule has 1 fully saturated rings. The number of carbonyl (C=O) groups excluding carboxylic acids is 1. The van der Waals surface area contributed by atoms with E-state index in [0.29, 0.717) is 17.5 Å². The van der Waals surface area contributed by atoms with Crippen LogP contribution < -0.4 is 24.7 Å². The summed E-state index contributed by atoms with van der Waals surface area (Å²) in [5.74, 6) is 1.44. The number of nitrogens with zero attached hydrogens (tertiary/aromatic N) is 2. The fourth-order valence-electron chi connectivity index (χ4n) is 2.86. The third-order valence-corrected chi connectivity index (χ3v) is 7.27. The van der Waals surface area contributed by atoms with Crippen LogP contribution in [0.3, 0.4) is 0 Å². The molecular formula is C15H17AsFN4O2. The Morgan fingerprint density at radius 3 is 3.04 bits per heavy atom. The van der Waals surface area contributed by atoms with Crippen molar-refractivity contribution in [1.29, 1.82) is 0 Å². The molecule has 0 aromatic heterocycles. The van der Waals surface area contributed by atoms with Crippen molar-refractivity contribution in [1.82, 2.24) is 10.7 Å². The van der Waals surface area contributed by atoms with Crippen LogP contribution in [0.2, 0.25) is 5.21 Å². The molecule has 0 bridgehead atoms. The summed E-state index contributed by atoms with van der Waals surface area (Å²) in [6.07, 6.45) is 0. The molecular weight excluding hydrogens is 362 g/mol. The summed E-state index contributed by atoms with van der Waals surface area (Å²) in [6, 6.07) is 2.92. The van der Waals surface area contributed by atoms with E-state index in [1.807, 2.05) is 17.9 Å². The zero-order valence-corrected chi connectivity index (χ0v) is 14.6. The van der Waals surface area contributed by atoms with Crippen molar-refractivity contribution >= 4 is 37.5 Å². The van der Waals surface area contributed by atoms with E-state index in [-0.39, 0.29) is 40.1 Å². The molecule has 1 saturated heterocycles. The SMILES string of the molecule is CC1C(=O)NN=C2COc3cc(F)c([As]CC4CNC4)cc3N21. The van der Waals surface area contributed by atoms with E-state index in [9.17, 15) is 9.18 Å². The van der Waals surface area contributed by atoms with Crippen molar-refractivity contribution in [3.05, 3.63) is 17.9 Å². The molecule has 1 unspecified atom stereocenters. The number of hydrogen-bond acceptors (Lipinski definition) is 5. The van der Waals surface area contributed by atoms with E-state index in [1.54, 1.807) is 0 Å². The van der Waals surface area contributed by atoms with Gasteiger partial charge >= 0.3 is 140 Å². The molecule has 121 valence electrons. The number of anilines is 1. The van der Waals surface area contributed by atoms with Crippen molar-refractivity contribution in [2.45, 2.75) is 18.2 Å². The Morgan fingerprint density at radius 1 is 1.48 bits per heavy atom. The van der Waals surface area contributed by atoms with E-state index < -0.39 is 0 Å². The number of ether oxygens (including phenoxy) is 1. The molecule has 1 radical (unpaired) electrons. The number of nitrogens with one attached hydrogen (secondary N) is 2. The minimum absolute atomic E-state index is 0.165. The summed E-state index contributed by atoms with van der Waals surface area (Å²) in [4.78, 5) is 13.8. The van der Waals surface area contributed by atoms with Gasteiger partial charge in [-0.15, -0.1) is 0 Å². The van der Waals surface area contributed by atoms with Crippen LogP contribution in [0.4, 0.5) is 10.1 Å². The second kappa shape index (κ2) is 5.80. The zero-order valence-electron chi connectivity index (χ0n) is 12.7. The summed E-state index contributed by atoms with van der Waals surface area (Å²) < 4.78 is 20.7. The van der Waals surface area contributed by atoms with Crippen LogP contribution in [0.15, 0.2) is 17.2 Å². The third kappa shape index (κ3) is 2.62. The first kappa shape index (κ1) is 15.0. The Hall–Kier alpha value is -1.59. The van der Waals surface area contributed by atoms with E-state index in [0.717, 1.165) is 28.3 Å². The predicted octanol–water partition coefficient (Wildman–Crippen LogP) is -0.176. The van der Waals surface area contributed by atoms with Gasteiger partial charge in [-0.25, -0.2) is 0 Å². The maximum atomic E-state index is 14.3. The van der Waals surface area contributed by atoms with Crippen LogP contribution in [0, 0.1) is 11.7 Å². The summed E-state index contributed by atoms with van der Waals surface area (Å²) >= 11 is -0.236. The Labute approximate surface area is 140 Å². The monoisotopic (exact) mass is 379 g/mol. The number of fused-ring (bicyclic) bond motifs is 3. The number of rotatable bonds is 3. The molecule has 1 atom stereocenters. The standard InChI is InChI=1S/C15H17AsFN4O2/c1-8-15(22)20-19-14-7-23-13-3-11(17)10(2-12(13)21(8)14)16-4-9-5-18-6-9/h2-3,8-9,18H,4-7H2,1H3,(H,20,22). The average Bonchev–Trinajstić information content (AvgIpc) is 2.49. The third-order valence-electron chi connectivity index (χ3n) is 4.37. The molecule has 23 heavy (non-hydrogen) atoms. The fourth-order valence-corrected chi connectivity index (χ4v) is 5.26. The Balaban J connectivity index is 1.66. The van der Waals surface area contributed by atoms with Crippen LogP contribution in [0.5, 0.6) is 5.75 Å². The van der Waals surface area contributed by atoms with Gasteiger partial charge in [-0.3, -0.25) is 0 Å². The van der Waals surface area contributed by atoms with Gasteiger partial charge in [0.25, 0.3) is 0 Å². The van der Waals surface area contributed by atoms with Gasteiger partial charge in [-0.1, -0.05) is 0 Å². The van der Waals surface area contributed by atoms with Crippen LogP contribution in [-0.2, 0) is 4.79 Å². The second-order valence-corrected chi connectivity index (χ2v) is 8.42. The normalized spacial score (nSPS) is 23.7. The number of hydrogen-bond donors (Lipinski definition) is 2. The molecule has 0 saturated carbocycles. The first-order chi connectivity index (χ1) is 11.1. The van der Waals surface area contributed by atoms with Gasteiger partial charge in [0, 0.05) is 0 Å². The quantitative estimate of drug-likeness (QED) is 0.716. The van der Waals surface area contributed by atoms with Gasteiger partial charge in [0.1, 0.15) is 0 Å². The molecule has 8 heteroatoms. The van der Waals surface area contributed by atoms with E-state index >= 15 is 0 Å². The van der Waals surface area contributed by atoms with Crippen molar-refractivity contribution in [3.8, 4) is 5.75 Å². The van der Waals surface area contributed by atoms with E-state index in [1.165, 1.54) is 6.07 Å². The molecule has 1 aromatic rings. The van der Waals surface area contributed by atoms with Crippen LogP contribution >= 0.6 is 0 Å². The van der Waals surface area contributed by atoms with Crippen molar-refractivity contribution in [3.63, 3.8) is 0 Å². The number of carbonyl (C=O) groups is 1. The molecule has 0 aliphatic carbocycles. The molecule has 2 N–H and O–H groups in total.